The van der Waals surface area contributed by atoms with Crippen LogP contribution in [-0.2, 0) is 0 Å². The molecule has 18 heavy (non-hydrogen) atoms. The predicted octanol–water partition coefficient (Wildman–Crippen LogP) is 4.09. The average molecular weight is 313 g/mol. The van der Waals surface area contributed by atoms with Crippen molar-refractivity contribution in [3.63, 3.8) is 0 Å². The fourth-order valence-corrected chi connectivity index (χ4v) is 3.42. The van der Waals surface area contributed by atoms with E-state index in [4.69, 9.17) is 0 Å². The molecule has 0 radical (unpaired) electrons. The minimum absolute atomic E-state index is 0.0651. The number of hydrogen-bond donors (Lipinski definition) is 0. The van der Waals surface area contributed by atoms with Crippen LogP contribution in [-0.4, -0.2) is 15.6 Å². The van der Waals surface area contributed by atoms with Gasteiger partial charge < -0.3 is 0 Å². The Morgan fingerprint density at radius 3 is 2.22 bits per heavy atom. The smallest absolute Gasteiger partial charge is 0.186 e. The number of aromatic nitrogens is 2. The highest BCUT2D eigenvalue weighted by Crippen LogP contribution is 2.69. The first-order chi connectivity index (χ1) is 8.12. The van der Waals surface area contributed by atoms with E-state index < -0.39 is 0 Å². The molecule has 2 rings (SSSR count). The van der Waals surface area contributed by atoms with Crippen molar-refractivity contribution >= 4 is 21.7 Å². The lowest BCUT2D eigenvalue weighted by Gasteiger charge is -2.11. The molecule has 0 bridgehead atoms. The van der Waals surface area contributed by atoms with Gasteiger partial charge in [0.2, 0.25) is 0 Å². The van der Waals surface area contributed by atoms with Crippen molar-refractivity contribution in [2.45, 2.75) is 47.6 Å². The van der Waals surface area contributed by atoms with E-state index in [9.17, 15) is 4.79 Å². The number of halogens is 1. The Morgan fingerprint density at radius 1 is 1.33 bits per heavy atom. The van der Waals surface area contributed by atoms with Gasteiger partial charge in [-0.1, -0.05) is 27.7 Å². The molecule has 3 nitrogen and oxygen atoms in total. The second kappa shape index (κ2) is 3.92. The molecule has 0 saturated heterocycles. The van der Waals surface area contributed by atoms with Crippen molar-refractivity contribution in [3.05, 3.63) is 16.4 Å². The summed E-state index contributed by atoms with van der Waals surface area (Å²) in [5, 5.41) is 4.29. The van der Waals surface area contributed by atoms with Gasteiger partial charge in [0.15, 0.2) is 5.78 Å². The van der Waals surface area contributed by atoms with Crippen LogP contribution in [0.4, 0.5) is 0 Å². The van der Waals surface area contributed by atoms with E-state index in [0.717, 1.165) is 4.47 Å². The largest absolute Gasteiger partial charge is 0.292 e. The molecular formula is C14H21BrN2O. The van der Waals surface area contributed by atoms with E-state index in [2.05, 4.69) is 48.7 Å². The minimum atomic E-state index is 0.0651. The fourth-order valence-electron chi connectivity index (χ4n) is 2.95. The molecule has 1 heterocycles. The number of hydrogen-bond acceptors (Lipinski definition) is 2. The van der Waals surface area contributed by atoms with Crippen LogP contribution < -0.4 is 0 Å². The summed E-state index contributed by atoms with van der Waals surface area (Å²) in [4.78, 5) is 12.8. The number of carbonyl (C=O) groups is 1. The molecule has 100 valence electrons. The molecule has 1 fully saturated rings. The maximum atomic E-state index is 12.8. The van der Waals surface area contributed by atoms with Gasteiger partial charge in [-0.15, -0.1) is 0 Å². The van der Waals surface area contributed by atoms with Gasteiger partial charge in [-0.3, -0.25) is 9.48 Å². The maximum absolute atomic E-state index is 12.8. The third-order valence-corrected chi connectivity index (χ3v) is 5.34. The third-order valence-electron chi connectivity index (χ3n) is 4.76. The van der Waals surface area contributed by atoms with Gasteiger partial charge in [0.1, 0.15) is 5.69 Å². The van der Waals surface area contributed by atoms with Crippen LogP contribution in [0.5, 0.6) is 0 Å². The molecule has 0 aromatic carbocycles. The molecule has 0 aliphatic heterocycles. The van der Waals surface area contributed by atoms with Crippen molar-refractivity contribution in [1.82, 2.24) is 9.78 Å². The Kier molecular flexibility index (Phi) is 3.01. The molecule has 1 aliphatic rings. The first-order valence-electron chi connectivity index (χ1n) is 6.39. The van der Waals surface area contributed by atoms with Gasteiger partial charge in [-0.2, -0.15) is 5.10 Å². The highest BCUT2D eigenvalue weighted by atomic mass is 79.9. The normalized spacial score (nSPS) is 21.3. The topological polar surface area (TPSA) is 34.9 Å². The number of rotatable bonds is 3. The molecule has 4 heteroatoms. The monoisotopic (exact) mass is 312 g/mol. The van der Waals surface area contributed by atoms with Crippen molar-refractivity contribution in [3.8, 4) is 0 Å². The zero-order valence-electron chi connectivity index (χ0n) is 11.9. The average Bonchev–Trinajstić information content (AvgIpc) is 2.56. The molecule has 0 unspecified atom stereocenters. The van der Waals surface area contributed by atoms with Crippen LogP contribution in [0.15, 0.2) is 10.7 Å². The Bertz CT molecular complexity index is 486. The Labute approximate surface area is 117 Å². The molecule has 0 atom stereocenters. The molecule has 1 aromatic rings. The van der Waals surface area contributed by atoms with Crippen LogP contribution in [0.3, 0.4) is 0 Å². The molecule has 1 saturated carbocycles. The van der Waals surface area contributed by atoms with Gasteiger partial charge in [-0.25, -0.2) is 0 Å². The molecule has 0 spiro atoms. The second-order valence-corrected chi connectivity index (χ2v) is 7.47. The van der Waals surface area contributed by atoms with Gasteiger partial charge in [0.25, 0.3) is 0 Å². The van der Waals surface area contributed by atoms with E-state index in [-0.39, 0.29) is 28.6 Å². The first-order valence-corrected chi connectivity index (χ1v) is 7.19. The van der Waals surface area contributed by atoms with E-state index in [1.807, 2.05) is 18.5 Å². The van der Waals surface area contributed by atoms with E-state index in [1.54, 1.807) is 6.20 Å². The summed E-state index contributed by atoms with van der Waals surface area (Å²) in [5.74, 6) is 0.290. The molecule has 0 amide bonds. The van der Waals surface area contributed by atoms with Crippen LogP contribution in [0.1, 0.15) is 58.1 Å². The maximum Gasteiger partial charge on any atom is 0.186 e. The SMILES string of the molecule is CC(C)n1ncc(Br)c1C(=O)C1C(C)(C)C1(C)C. The van der Waals surface area contributed by atoms with Crippen LogP contribution >= 0.6 is 15.9 Å². The lowest BCUT2D eigenvalue weighted by atomic mass is 10.0. The lowest BCUT2D eigenvalue weighted by molar-refractivity contribution is 0.0931. The molecule has 1 aliphatic carbocycles. The second-order valence-electron chi connectivity index (χ2n) is 6.62. The zero-order chi connectivity index (χ0) is 13.9. The fraction of sp³-hybridized carbons (Fsp3) is 0.714. The highest BCUT2D eigenvalue weighted by molar-refractivity contribution is 9.10. The van der Waals surface area contributed by atoms with Crippen molar-refractivity contribution in [1.29, 1.82) is 0 Å². The Balaban J connectivity index is 2.40. The van der Waals surface area contributed by atoms with Crippen molar-refractivity contribution in [2.24, 2.45) is 16.7 Å². The molecular weight excluding hydrogens is 292 g/mol. The quantitative estimate of drug-likeness (QED) is 0.788. The predicted molar refractivity (Wildman–Crippen MR) is 75.7 cm³/mol. The summed E-state index contributed by atoms with van der Waals surface area (Å²) in [5.41, 5.74) is 0.847. The van der Waals surface area contributed by atoms with Gasteiger partial charge in [0.05, 0.1) is 10.7 Å². The van der Waals surface area contributed by atoms with E-state index in [1.165, 1.54) is 0 Å². The number of carbonyl (C=O) groups excluding carboxylic acids is 1. The molecule has 1 aromatic heterocycles. The summed E-state index contributed by atoms with van der Waals surface area (Å²) in [7, 11) is 0. The standard InChI is InChI=1S/C14H21BrN2O/c1-8(2)17-10(9(15)7-16-17)11(18)12-13(3,4)14(12,5)6/h7-8,12H,1-6H3. The highest BCUT2D eigenvalue weighted by Gasteiger charge is 2.68. The first kappa shape index (κ1) is 13.8. The van der Waals surface area contributed by atoms with Crippen LogP contribution in [0.2, 0.25) is 0 Å². The number of Topliss-reactive ketones (excluding diaryl/α,β-unsaturated/α-hetero) is 1. The number of ketones is 1. The minimum Gasteiger partial charge on any atom is -0.292 e. The lowest BCUT2D eigenvalue weighted by Crippen LogP contribution is -2.17. The van der Waals surface area contributed by atoms with Crippen molar-refractivity contribution in [2.75, 3.05) is 0 Å². The summed E-state index contributed by atoms with van der Waals surface area (Å²) < 4.78 is 2.62. The summed E-state index contributed by atoms with van der Waals surface area (Å²) in [6.45, 7) is 12.7. The summed E-state index contributed by atoms with van der Waals surface area (Å²) >= 11 is 3.45. The van der Waals surface area contributed by atoms with Crippen LogP contribution in [0.25, 0.3) is 0 Å². The zero-order valence-corrected chi connectivity index (χ0v) is 13.5. The Hall–Kier alpha value is -0.640. The van der Waals surface area contributed by atoms with Gasteiger partial charge in [-0.05, 0) is 40.6 Å². The Morgan fingerprint density at radius 2 is 1.83 bits per heavy atom. The molecule has 0 N–H and O–H groups in total. The van der Waals surface area contributed by atoms with E-state index >= 15 is 0 Å². The van der Waals surface area contributed by atoms with Crippen molar-refractivity contribution < 1.29 is 4.79 Å². The van der Waals surface area contributed by atoms with Crippen LogP contribution in [0, 0.1) is 16.7 Å². The van der Waals surface area contributed by atoms with Gasteiger partial charge >= 0.3 is 0 Å². The third kappa shape index (κ3) is 1.68. The van der Waals surface area contributed by atoms with Gasteiger partial charge in [0, 0.05) is 12.0 Å². The summed E-state index contributed by atoms with van der Waals surface area (Å²) in [6, 6.07) is 0.195. The summed E-state index contributed by atoms with van der Waals surface area (Å²) in [6.07, 6.45) is 1.72. The van der Waals surface area contributed by atoms with E-state index in [0.29, 0.717) is 5.69 Å². The number of nitrogens with zero attached hydrogens (tertiary/aromatic N) is 2.